The summed E-state index contributed by atoms with van der Waals surface area (Å²) in [6.07, 6.45) is 1.72. The topological polar surface area (TPSA) is 124 Å². The Balaban J connectivity index is 0. The molecule has 0 aliphatic rings. The summed E-state index contributed by atoms with van der Waals surface area (Å²) in [5.74, 6) is 0. The van der Waals surface area contributed by atoms with E-state index in [1.165, 1.54) is 0 Å². The lowest BCUT2D eigenvalue weighted by atomic mass is 10.4. The molecule has 0 amide bonds. The van der Waals surface area contributed by atoms with Crippen molar-refractivity contribution < 1.29 is 33.0 Å². The summed E-state index contributed by atoms with van der Waals surface area (Å²) in [5, 5.41) is 0. The van der Waals surface area contributed by atoms with Crippen molar-refractivity contribution in [3.63, 3.8) is 0 Å². The molecule has 0 spiro atoms. The van der Waals surface area contributed by atoms with Gasteiger partial charge in [-0.1, -0.05) is 24.8 Å². The van der Waals surface area contributed by atoms with Gasteiger partial charge in [0.1, 0.15) is 0 Å². The zero-order valence-corrected chi connectivity index (χ0v) is 9.19. The molecule has 4 N–H and O–H groups in total. The second kappa shape index (κ2) is 6.27. The van der Waals surface area contributed by atoms with E-state index in [2.05, 4.69) is 17.5 Å². The van der Waals surface area contributed by atoms with Gasteiger partial charge in [0.15, 0.2) is 0 Å². The fraction of sp³-hybridized carbons (Fsp3) is 0.200. The lowest BCUT2D eigenvalue weighted by Crippen LogP contribution is -1.84. The summed E-state index contributed by atoms with van der Waals surface area (Å²) < 4.78 is 22.2. The molecule has 0 atom stereocenters. The summed E-state index contributed by atoms with van der Waals surface area (Å²) >= 11 is 0. The molecule has 9 heteroatoms. The third-order valence-corrected chi connectivity index (χ3v) is 2.26. The van der Waals surface area contributed by atoms with E-state index < -0.39 is 15.6 Å². The van der Waals surface area contributed by atoms with Crippen LogP contribution < -0.4 is 0 Å². The van der Waals surface area contributed by atoms with Crippen LogP contribution in [0.3, 0.4) is 0 Å². The zero-order valence-electron chi connectivity index (χ0n) is 7.40. The summed E-state index contributed by atoms with van der Waals surface area (Å²) in [5.41, 5.74) is 1.02. The predicted molar refractivity (Wildman–Crippen MR) is 50.2 cm³/mol. The molecular formula is C5H12O7P2. The second-order valence-electron chi connectivity index (χ2n) is 2.11. The first-order chi connectivity index (χ1) is 5.98. The fourth-order valence-electron chi connectivity index (χ4n) is 0.139. The highest BCUT2D eigenvalue weighted by atomic mass is 31.3. The Morgan fingerprint density at radius 1 is 1.21 bits per heavy atom. The molecule has 14 heavy (non-hydrogen) atoms. The Morgan fingerprint density at radius 2 is 1.43 bits per heavy atom. The van der Waals surface area contributed by atoms with Crippen LogP contribution >= 0.6 is 15.6 Å². The summed E-state index contributed by atoms with van der Waals surface area (Å²) in [6, 6.07) is 0. The largest absolute Gasteiger partial charge is 0.478 e. The summed E-state index contributed by atoms with van der Waals surface area (Å²) in [6.45, 7) is 8.93. The highest BCUT2D eigenvalue weighted by molar-refractivity contribution is 7.60. The van der Waals surface area contributed by atoms with Gasteiger partial charge in [-0.3, -0.25) is 0 Å². The minimum Gasteiger partial charge on any atom is -0.302 e. The van der Waals surface area contributed by atoms with Crippen LogP contribution in [0.1, 0.15) is 6.92 Å². The van der Waals surface area contributed by atoms with Gasteiger partial charge < -0.3 is 19.6 Å². The molecule has 0 saturated carbocycles. The average Bonchev–Trinajstić information content (AvgIpc) is 1.80. The van der Waals surface area contributed by atoms with Crippen LogP contribution in [-0.4, -0.2) is 19.6 Å². The fourth-order valence-corrected chi connectivity index (χ4v) is 1.25. The molecule has 0 aliphatic heterocycles. The van der Waals surface area contributed by atoms with Gasteiger partial charge in [-0.2, -0.15) is 4.31 Å². The minimum absolute atomic E-state index is 1.02. The van der Waals surface area contributed by atoms with Crippen LogP contribution in [0.4, 0.5) is 0 Å². The van der Waals surface area contributed by atoms with E-state index in [0.717, 1.165) is 5.57 Å². The van der Waals surface area contributed by atoms with Gasteiger partial charge in [0.25, 0.3) is 0 Å². The summed E-state index contributed by atoms with van der Waals surface area (Å²) in [7, 11) is -10.1. The third-order valence-electron chi connectivity index (χ3n) is 0.561. The van der Waals surface area contributed by atoms with Crippen molar-refractivity contribution >= 4 is 15.6 Å². The normalized spacial score (nSPS) is 11.2. The van der Waals surface area contributed by atoms with Gasteiger partial charge in [0.05, 0.1) is 0 Å². The van der Waals surface area contributed by atoms with Crippen molar-refractivity contribution in [1.82, 2.24) is 0 Å². The monoisotopic (exact) mass is 246 g/mol. The van der Waals surface area contributed by atoms with Crippen molar-refractivity contribution in [2.24, 2.45) is 0 Å². The van der Waals surface area contributed by atoms with Crippen LogP contribution in [0.5, 0.6) is 0 Å². The Labute approximate surface area is 81.2 Å². The Kier molecular flexibility index (Phi) is 7.24. The predicted octanol–water partition coefficient (Wildman–Crippen LogP) is 0.937. The van der Waals surface area contributed by atoms with Crippen molar-refractivity contribution in [2.75, 3.05) is 0 Å². The van der Waals surface area contributed by atoms with Crippen LogP contribution in [0, 0.1) is 0 Å². The molecule has 0 unspecified atom stereocenters. The molecular weight excluding hydrogens is 234 g/mol. The first-order valence-corrected chi connectivity index (χ1v) is 6.14. The van der Waals surface area contributed by atoms with Crippen LogP contribution in [0.2, 0.25) is 0 Å². The van der Waals surface area contributed by atoms with Gasteiger partial charge in [-0.15, -0.1) is 0 Å². The van der Waals surface area contributed by atoms with Gasteiger partial charge in [-0.25, -0.2) is 9.13 Å². The van der Waals surface area contributed by atoms with Gasteiger partial charge in [0, 0.05) is 0 Å². The van der Waals surface area contributed by atoms with Crippen LogP contribution in [0.15, 0.2) is 24.8 Å². The highest BCUT2D eigenvalue weighted by Gasteiger charge is 2.27. The Bertz CT molecular complexity index is 264. The number of hydrogen-bond donors (Lipinski definition) is 4. The maximum Gasteiger partial charge on any atom is 0.478 e. The molecule has 0 rings (SSSR count). The highest BCUT2D eigenvalue weighted by Crippen LogP contribution is 2.53. The van der Waals surface area contributed by atoms with E-state index >= 15 is 0 Å². The van der Waals surface area contributed by atoms with Gasteiger partial charge >= 0.3 is 15.6 Å². The number of phosphoric acid groups is 2. The molecule has 0 radical (unpaired) electrons. The minimum atomic E-state index is -5.05. The molecule has 7 nitrogen and oxygen atoms in total. The van der Waals surface area contributed by atoms with E-state index in [-0.39, 0.29) is 0 Å². The van der Waals surface area contributed by atoms with Crippen molar-refractivity contribution in [2.45, 2.75) is 6.92 Å². The molecule has 0 fully saturated rings. The lowest BCUT2D eigenvalue weighted by molar-refractivity contribution is 0.225. The van der Waals surface area contributed by atoms with Crippen molar-refractivity contribution in [3.8, 4) is 0 Å². The zero-order chi connectivity index (χ0) is 12.0. The van der Waals surface area contributed by atoms with Crippen molar-refractivity contribution in [3.05, 3.63) is 24.8 Å². The second-order valence-corrected chi connectivity index (χ2v) is 4.73. The molecule has 0 saturated heterocycles. The SMILES string of the molecule is C=CC(=C)C.O=P(O)(O)OP(=O)(O)O. The van der Waals surface area contributed by atoms with Crippen molar-refractivity contribution in [1.29, 1.82) is 0 Å². The maximum atomic E-state index is 9.63. The number of hydrogen-bond acceptors (Lipinski definition) is 3. The molecule has 84 valence electrons. The molecule has 0 heterocycles. The maximum absolute atomic E-state index is 9.63. The van der Waals surface area contributed by atoms with E-state index in [4.69, 9.17) is 19.6 Å². The molecule has 0 aromatic carbocycles. The Morgan fingerprint density at radius 3 is 1.43 bits per heavy atom. The van der Waals surface area contributed by atoms with Crippen LogP contribution in [0.25, 0.3) is 0 Å². The smallest absolute Gasteiger partial charge is 0.302 e. The number of allylic oxidation sites excluding steroid dienone is 2. The standard InChI is InChI=1S/C5H8.H4O7P2/c1-4-5(2)3;1-8(2,3)7-9(4,5)6/h4H,1-2H2,3H3;(H2,1,2,3)(H2,4,5,6). The lowest BCUT2D eigenvalue weighted by Gasteiger charge is -2.03. The average molecular weight is 246 g/mol. The van der Waals surface area contributed by atoms with Gasteiger partial charge in [0.2, 0.25) is 0 Å². The molecule has 0 aromatic rings. The Hall–Kier alpha value is -0.260. The van der Waals surface area contributed by atoms with E-state index in [1.54, 1.807) is 6.08 Å². The van der Waals surface area contributed by atoms with Crippen LogP contribution in [-0.2, 0) is 13.4 Å². The first kappa shape index (κ1) is 16.2. The molecule has 0 aliphatic carbocycles. The van der Waals surface area contributed by atoms with Gasteiger partial charge in [-0.05, 0) is 6.92 Å². The van der Waals surface area contributed by atoms with E-state index in [1.807, 2.05) is 6.92 Å². The number of rotatable bonds is 3. The molecule has 0 aromatic heterocycles. The summed E-state index contributed by atoms with van der Waals surface area (Å²) in [4.78, 5) is 31.0. The first-order valence-electron chi connectivity index (χ1n) is 3.08. The van der Waals surface area contributed by atoms with E-state index in [0.29, 0.717) is 0 Å². The molecule has 0 bridgehead atoms. The van der Waals surface area contributed by atoms with E-state index in [9.17, 15) is 9.13 Å². The third kappa shape index (κ3) is 22.6. The quantitative estimate of drug-likeness (QED) is 0.431.